The molecule has 1 aromatic carbocycles. The molecule has 1 aliphatic rings. The highest BCUT2D eigenvalue weighted by Crippen LogP contribution is 2.15. The molecule has 1 aliphatic heterocycles. The molecule has 5 nitrogen and oxygen atoms in total. The van der Waals surface area contributed by atoms with Gasteiger partial charge in [-0.3, -0.25) is 4.79 Å². The number of rotatable bonds is 5. The van der Waals surface area contributed by atoms with E-state index in [2.05, 4.69) is 10.4 Å². The van der Waals surface area contributed by atoms with Crippen LogP contribution in [0.1, 0.15) is 23.2 Å². The minimum absolute atomic E-state index is 0.0390. The van der Waals surface area contributed by atoms with E-state index in [1.54, 1.807) is 10.9 Å². The van der Waals surface area contributed by atoms with E-state index in [0.29, 0.717) is 18.0 Å². The molecular formula is C16H19N3O2. The van der Waals surface area contributed by atoms with E-state index in [1.807, 2.05) is 36.5 Å². The van der Waals surface area contributed by atoms with Crippen molar-refractivity contribution in [2.45, 2.75) is 12.8 Å². The zero-order chi connectivity index (χ0) is 14.5. The zero-order valence-electron chi connectivity index (χ0n) is 11.9. The standard InChI is InChI=1S/C16H19N3O2/c20-16(17-8-5-13-6-10-21-12-13)14-3-1-4-15(11-14)19-9-2-7-18-19/h1-4,7,9,11,13H,5-6,8,10,12H2,(H,17,20)/t13-/m1/s1. The first-order valence-corrected chi connectivity index (χ1v) is 7.29. The summed E-state index contributed by atoms with van der Waals surface area (Å²) in [6.07, 6.45) is 5.66. The van der Waals surface area contributed by atoms with Gasteiger partial charge in [-0.15, -0.1) is 0 Å². The summed E-state index contributed by atoms with van der Waals surface area (Å²) in [6, 6.07) is 9.33. The summed E-state index contributed by atoms with van der Waals surface area (Å²) in [7, 11) is 0. The summed E-state index contributed by atoms with van der Waals surface area (Å²) in [5, 5.41) is 7.15. The molecule has 0 bridgehead atoms. The number of nitrogens with zero attached hydrogens (tertiary/aromatic N) is 2. The minimum Gasteiger partial charge on any atom is -0.381 e. The Balaban J connectivity index is 1.58. The van der Waals surface area contributed by atoms with Crippen molar-refractivity contribution in [3.05, 3.63) is 48.3 Å². The molecule has 0 spiro atoms. The summed E-state index contributed by atoms with van der Waals surface area (Å²) in [5.74, 6) is 0.545. The number of hydrogen-bond acceptors (Lipinski definition) is 3. The monoisotopic (exact) mass is 285 g/mol. The van der Waals surface area contributed by atoms with Gasteiger partial charge >= 0.3 is 0 Å². The van der Waals surface area contributed by atoms with Crippen molar-refractivity contribution in [2.24, 2.45) is 5.92 Å². The third-order valence-electron chi connectivity index (χ3n) is 3.74. The maximum Gasteiger partial charge on any atom is 0.251 e. The maximum atomic E-state index is 12.2. The number of amides is 1. The molecule has 1 N–H and O–H groups in total. The van der Waals surface area contributed by atoms with Crippen LogP contribution < -0.4 is 5.32 Å². The number of carbonyl (C=O) groups excluding carboxylic acids is 1. The van der Waals surface area contributed by atoms with Crippen molar-refractivity contribution in [1.82, 2.24) is 15.1 Å². The summed E-state index contributed by atoms with van der Waals surface area (Å²) < 4.78 is 7.08. The van der Waals surface area contributed by atoms with Crippen LogP contribution in [-0.2, 0) is 4.74 Å². The molecule has 0 saturated carbocycles. The van der Waals surface area contributed by atoms with Crippen LogP contribution in [0, 0.1) is 5.92 Å². The summed E-state index contributed by atoms with van der Waals surface area (Å²) >= 11 is 0. The first-order valence-electron chi connectivity index (χ1n) is 7.29. The van der Waals surface area contributed by atoms with Gasteiger partial charge in [-0.05, 0) is 43.0 Å². The average molecular weight is 285 g/mol. The third-order valence-corrected chi connectivity index (χ3v) is 3.74. The van der Waals surface area contributed by atoms with Crippen LogP contribution in [0.15, 0.2) is 42.7 Å². The average Bonchev–Trinajstić information content (AvgIpc) is 3.21. The number of carbonyl (C=O) groups is 1. The van der Waals surface area contributed by atoms with Crippen LogP contribution in [-0.4, -0.2) is 35.4 Å². The van der Waals surface area contributed by atoms with Crippen molar-refractivity contribution in [3.8, 4) is 5.69 Å². The van der Waals surface area contributed by atoms with Gasteiger partial charge in [0.05, 0.1) is 5.69 Å². The number of benzene rings is 1. The van der Waals surface area contributed by atoms with E-state index in [1.165, 1.54) is 0 Å². The van der Waals surface area contributed by atoms with Crippen LogP contribution in [0.2, 0.25) is 0 Å². The Morgan fingerprint density at radius 3 is 3.14 bits per heavy atom. The second kappa shape index (κ2) is 6.54. The third kappa shape index (κ3) is 3.49. The highest BCUT2D eigenvalue weighted by atomic mass is 16.5. The van der Waals surface area contributed by atoms with Crippen LogP contribution in [0.5, 0.6) is 0 Å². The smallest absolute Gasteiger partial charge is 0.251 e. The number of hydrogen-bond donors (Lipinski definition) is 1. The lowest BCUT2D eigenvalue weighted by molar-refractivity contribution is 0.0950. The molecule has 0 unspecified atom stereocenters. The molecule has 2 aromatic rings. The van der Waals surface area contributed by atoms with Crippen LogP contribution in [0.25, 0.3) is 5.69 Å². The molecule has 0 radical (unpaired) electrons. The lowest BCUT2D eigenvalue weighted by Gasteiger charge is -2.09. The molecule has 3 rings (SSSR count). The zero-order valence-corrected chi connectivity index (χ0v) is 11.9. The van der Waals surface area contributed by atoms with Crippen molar-refractivity contribution < 1.29 is 9.53 Å². The van der Waals surface area contributed by atoms with Gasteiger partial charge in [0.2, 0.25) is 0 Å². The van der Waals surface area contributed by atoms with Crippen LogP contribution in [0.3, 0.4) is 0 Å². The molecule has 1 atom stereocenters. The van der Waals surface area contributed by atoms with Gasteiger partial charge in [0.25, 0.3) is 5.91 Å². The highest BCUT2D eigenvalue weighted by Gasteiger charge is 2.15. The first kappa shape index (κ1) is 13.8. The summed E-state index contributed by atoms with van der Waals surface area (Å²) in [4.78, 5) is 12.2. The molecule has 0 aliphatic carbocycles. The molecule has 2 heterocycles. The fourth-order valence-electron chi connectivity index (χ4n) is 2.51. The molecule has 1 saturated heterocycles. The SMILES string of the molecule is O=C(NCC[C@@H]1CCOC1)c1cccc(-n2cccn2)c1. The van der Waals surface area contributed by atoms with Gasteiger partial charge in [-0.2, -0.15) is 5.10 Å². The summed E-state index contributed by atoms with van der Waals surface area (Å²) in [6.45, 7) is 2.37. The molecule has 5 heteroatoms. The Morgan fingerprint density at radius 2 is 2.38 bits per heavy atom. The molecule has 110 valence electrons. The Hall–Kier alpha value is -2.14. The summed E-state index contributed by atoms with van der Waals surface area (Å²) in [5.41, 5.74) is 1.54. The van der Waals surface area contributed by atoms with E-state index in [-0.39, 0.29) is 5.91 Å². The molecule has 1 amide bonds. The Kier molecular flexibility index (Phi) is 4.31. The minimum atomic E-state index is -0.0390. The quantitative estimate of drug-likeness (QED) is 0.914. The fraction of sp³-hybridized carbons (Fsp3) is 0.375. The fourth-order valence-corrected chi connectivity index (χ4v) is 2.51. The van der Waals surface area contributed by atoms with E-state index in [4.69, 9.17) is 4.74 Å². The van der Waals surface area contributed by atoms with Gasteiger partial charge in [0.1, 0.15) is 0 Å². The van der Waals surface area contributed by atoms with Gasteiger partial charge in [-0.25, -0.2) is 4.68 Å². The van der Waals surface area contributed by atoms with Gasteiger partial charge in [-0.1, -0.05) is 6.07 Å². The normalized spacial score (nSPS) is 17.8. The largest absolute Gasteiger partial charge is 0.381 e. The van der Waals surface area contributed by atoms with Gasteiger partial charge in [0, 0.05) is 37.7 Å². The van der Waals surface area contributed by atoms with Gasteiger partial charge in [0.15, 0.2) is 0 Å². The first-order chi connectivity index (χ1) is 10.3. The van der Waals surface area contributed by atoms with Crippen molar-refractivity contribution in [3.63, 3.8) is 0 Å². The predicted octanol–water partition coefficient (Wildman–Crippen LogP) is 2.03. The Labute approximate surface area is 123 Å². The highest BCUT2D eigenvalue weighted by molar-refractivity contribution is 5.94. The lowest BCUT2D eigenvalue weighted by atomic mass is 10.1. The Morgan fingerprint density at radius 1 is 1.43 bits per heavy atom. The molecule has 1 aromatic heterocycles. The number of nitrogens with one attached hydrogen (secondary N) is 1. The Bertz CT molecular complexity index is 589. The van der Waals surface area contributed by atoms with Crippen molar-refractivity contribution in [1.29, 1.82) is 0 Å². The van der Waals surface area contributed by atoms with Crippen molar-refractivity contribution in [2.75, 3.05) is 19.8 Å². The second-order valence-electron chi connectivity index (χ2n) is 5.28. The van der Waals surface area contributed by atoms with E-state index in [0.717, 1.165) is 31.7 Å². The van der Waals surface area contributed by atoms with Crippen molar-refractivity contribution >= 4 is 5.91 Å². The van der Waals surface area contributed by atoms with Gasteiger partial charge < -0.3 is 10.1 Å². The predicted molar refractivity (Wildman–Crippen MR) is 79.4 cm³/mol. The molecular weight excluding hydrogens is 266 g/mol. The van der Waals surface area contributed by atoms with Crippen LogP contribution in [0.4, 0.5) is 0 Å². The topological polar surface area (TPSA) is 56.1 Å². The number of aromatic nitrogens is 2. The number of ether oxygens (including phenoxy) is 1. The molecule has 21 heavy (non-hydrogen) atoms. The second-order valence-corrected chi connectivity index (χ2v) is 5.28. The molecule has 1 fully saturated rings. The maximum absolute atomic E-state index is 12.2. The lowest BCUT2D eigenvalue weighted by Crippen LogP contribution is -2.26. The van der Waals surface area contributed by atoms with Crippen LogP contribution >= 0.6 is 0 Å². The van der Waals surface area contributed by atoms with E-state index in [9.17, 15) is 4.79 Å². The van der Waals surface area contributed by atoms with E-state index >= 15 is 0 Å². The van der Waals surface area contributed by atoms with E-state index < -0.39 is 0 Å².